The number of benzene rings is 2. The normalized spacial score (nSPS) is 13.4. The van der Waals surface area contributed by atoms with Crippen molar-refractivity contribution < 1.29 is 19.1 Å². The quantitative estimate of drug-likeness (QED) is 0.258. The molecule has 1 N–H and O–H groups in total. The van der Waals surface area contributed by atoms with Crippen LogP contribution in [-0.4, -0.2) is 31.5 Å². The van der Waals surface area contributed by atoms with Gasteiger partial charge in [-0.1, -0.05) is 46.3 Å². The number of carboxylic acid groups (broad SMARTS) is 1. The lowest BCUT2D eigenvalue weighted by molar-refractivity contribution is -0.152. The Bertz CT molecular complexity index is 1290. The minimum Gasteiger partial charge on any atom is -0.478 e. The predicted octanol–water partition coefficient (Wildman–Crippen LogP) is 6.04. The Morgan fingerprint density at radius 2 is 1.64 bits per heavy atom. The molecule has 1 atom stereocenters. The van der Waals surface area contributed by atoms with Gasteiger partial charge in [-0.15, -0.1) is 0 Å². The smallest absolute Gasteiger partial charge is 0.347 e. The van der Waals surface area contributed by atoms with Crippen LogP contribution in [0.3, 0.4) is 0 Å². The van der Waals surface area contributed by atoms with Gasteiger partial charge < -0.3 is 14.3 Å². The molecule has 0 bridgehead atoms. The number of halogens is 1. The number of aromatic nitrogens is 2. The molecular formula is C28H28BrN3O4. The summed E-state index contributed by atoms with van der Waals surface area (Å²) >= 11 is 3.75. The molecule has 0 aliphatic rings. The summed E-state index contributed by atoms with van der Waals surface area (Å²) in [6.07, 6.45) is 6.71. The zero-order valence-electron chi connectivity index (χ0n) is 20.4. The standard InChI is InChI=1S/C28H28BrN3O4/c1-27(2,26(33)34)36-22-10-8-20(9-11-22)16-32(17-21-12-14-30-15-13-21)28(3,25-18-35-19-31-25)23-6-4-5-7-24(23)29/h4-15,18-19H,16-17H2,1-3H3,(H,33,34). The molecule has 2 aromatic carbocycles. The van der Waals surface area contributed by atoms with Gasteiger partial charge in [-0.3, -0.25) is 9.88 Å². The average molecular weight is 550 g/mol. The molecule has 0 saturated carbocycles. The maximum Gasteiger partial charge on any atom is 0.347 e. The fourth-order valence-electron chi connectivity index (χ4n) is 4.08. The summed E-state index contributed by atoms with van der Waals surface area (Å²) in [5, 5.41) is 9.37. The highest BCUT2D eigenvalue weighted by Gasteiger charge is 2.39. The molecule has 0 amide bonds. The van der Waals surface area contributed by atoms with E-state index >= 15 is 0 Å². The van der Waals surface area contributed by atoms with Crippen LogP contribution in [0.25, 0.3) is 0 Å². The highest BCUT2D eigenvalue weighted by atomic mass is 79.9. The van der Waals surface area contributed by atoms with Gasteiger partial charge in [0, 0.05) is 30.0 Å². The van der Waals surface area contributed by atoms with Gasteiger partial charge in [-0.25, -0.2) is 9.78 Å². The third-order valence-electron chi connectivity index (χ3n) is 6.27. The molecule has 0 fully saturated rings. The van der Waals surface area contributed by atoms with E-state index in [9.17, 15) is 9.90 Å². The van der Waals surface area contributed by atoms with Gasteiger partial charge >= 0.3 is 5.97 Å². The molecule has 1 unspecified atom stereocenters. The summed E-state index contributed by atoms with van der Waals surface area (Å²) in [5.74, 6) is -0.524. The number of rotatable bonds is 10. The van der Waals surface area contributed by atoms with Crippen molar-refractivity contribution in [1.29, 1.82) is 0 Å². The summed E-state index contributed by atoms with van der Waals surface area (Å²) in [6, 6.07) is 19.6. The largest absolute Gasteiger partial charge is 0.478 e. The second-order valence-corrected chi connectivity index (χ2v) is 10.1. The molecule has 36 heavy (non-hydrogen) atoms. The Balaban J connectivity index is 1.73. The van der Waals surface area contributed by atoms with E-state index in [1.54, 1.807) is 30.8 Å². The number of pyridine rings is 1. The van der Waals surface area contributed by atoms with Gasteiger partial charge in [-0.05, 0) is 67.8 Å². The number of nitrogens with zero attached hydrogens (tertiary/aromatic N) is 3. The van der Waals surface area contributed by atoms with Crippen LogP contribution in [-0.2, 0) is 23.4 Å². The third-order valence-corrected chi connectivity index (χ3v) is 6.96. The number of oxazole rings is 1. The first-order chi connectivity index (χ1) is 17.2. The zero-order valence-corrected chi connectivity index (χ0v) is 22.0. The lowest BCUT2D eigenvalue weighted by Gasteiger charge is -2.41. The summed E-state index contributed by atoms with van der Waals surface area (Å²) < 4.78 is 12.1. The van der Waals surface area contributed by atoms with Gasteiger partial charge in [0.1, 0.15) is 17.7 Å². The Morgan fingerprint density at radius 3 is 2.22 bits per heavy atom. The molecule has 0 saturated heterocycles. The summed E-state index contributed by atoms with van der Waals surface area (Å²) in [7, 11) is 0. The number of aliphatic carboxylic acids is 1. The molecular weight excluding hydrogens is 522 g/mol. The van der Waals surface area contributed by atoms with Gasteiger partial charge in [0.2, 0.25) is 0 Å². The summed E-state index contributed by atoms with van der Waals surface area (Å²) in [5.41, 5.74) is 2.01. The third kappa shape index (κ3) is 5.50. The number of carbonyl (C=O) groups is 1. The first kappa shape index (κ1) is 25.6. The summed E-state index contributed by atoms with van der Waals surface area (Å²) in [6.45, 7) is 6.40. The fraction of sp³-hybridized carbons (Fsp3) is 0.250. The number of hydrogen-bond donors (Lipinski definition) is 1. The Kier molecular flexibility index (Phi) is 7.56. The zero-order chi connectivity index (χ0) is 25.8. The van der Waals surface area contributed by atoms with E-state index in [1.165, 1.54) is 20.2 Å². The number of ether oxygens (including phenoxy) is 1. The minimum atomic E-state index is -1.32. The van der Waals surface area contributed by atoms with E-state index < -0.39 is 17.1 Å². The Morgan fingerprint density at radius 1 is 1.00 bits per heavy atom. The molecule has 2 heterocycles. The van der Waals surface area contributed by atoms with Crippen LogP contribution < -0.4 is 4.74 Å². The monoisotopic (exact) mass is 549 g/mol. The Hall–Kier alpha value is -3.49. The first-order valence-electron chi connectivity index (χ1n) is 11.5. The highest BCUT2D eigenvalue weighted by molar-refractivity contribution is 9.10. The van der Waals surface area contributed by atoms with Crippen molar-refractivity contribution in [2.45, 2.75) is 45.0 Å². The van der Waals surface area contributed by atoms with Gasteiger partial charge in [0.05, 0.1) is 5.54 Å². The molecule has 0 spiro atoms. The van der Waals surface area contributed by atoms with Crippen molar-refractivity contribution >= 4 is 21.9 Å². The topological polar surface area (TPSA) is 88.7 Å². The predicted molar refractivity (Wildman–Crippen MR) is 139 cm³/mol. The maximum absolute atomic E-state index is 11.4. The first-order valence-corrected chi connectivity index (χ1v) is 12.3. The molecule has 7 nitrogen and oxygen atoms in total. The molecule has 2 aromatic heterocycles. The van der Waals surface area contributed by atoms with Gasteiger partial charge in [-0.2, -0.15) is 0 Å². The van der Waals surface area contributed by atoms with Crippen molar-refractivity contribution in [3.8, 4) is 5.75 Å². The lowest BCUT2D eigenvalue weighted by Crippen LogP contribution is -2.44. The van der Waals surface area contributed by atoms with Crippen molar-refractivity contribution in [1.82, 2.24) is 14.9 Å². The SMILES string of the molecule is CC(C)(Oc1ccc(CN(Cc2ccncc2)C(C)(c2cocn2)c2ccccc2Br)cc1)C(=O)O. The van der Waals surface area contributed by atoms with Crippen LogP contribution in [0.15, 0.2) is 94.6 Å². The van der Waals surface area contributed by atoms with Crippen LogP contribution in [0, 0.1) is 0 Å². The van der Waals surface area contributed by atoms with Crippen LogP contribution >= 0.6 is 15.9 Å². The maximum atomic E-state index is 11.4. The van der Waals surface area contributed by atoms with E-state index in [2.05, 4.69) is 43.8 Å². The van der Waals surface area contributed by atoms with Crippen molar-refractivity contribution in [3.63, 3.8) is 0 Å². The minimum absolute atomic E-state index is 0.497. The molecule has 4 rings (SSSR count). The number of carboxylic acids is 1. The molecule has 0 aliphatic carbocycles. The van der Waals surface area contributed by atoms with Crippen molar-refractivity contribution in [2.75, 3.05) is 0 Å². The van der Waals surface area contributed by atoms with Crippen LogP contribution in [0.2, 0.25) is 0 Å². The van der Waals surface area contributed by atoms with Crippen LogP contribution in [0.5, 0.6) is 5.75 Å². The molecule has 0 radical (unpaired) electrons. The Labute approximate surface area is 218 Å². The van der Waals surface area contributed by atoms with E-state index in [0.717, 1.165) is 26.9 Å². The average Bonchev–Trinajstić information content (AvgIpc) is 3.41. The van der Waals surface area contributed by atoms with E-state index in [4.69, 9.17) is 9.15 Å². The van der Waals surface area contributed by atoms with Gasteiger partial charge in [0.25, 0.3) is 0 Å². The van der Waals surface area contributed by atoms with E-state index in [0.29, 0.717) is 18.8 Å². The fourth-order valence-corrected chi connectivity index (χ4v) is 4.75. The molecule has 4 aromatic rings. The second kappa shape index (κ2) is 10.6. The number of hydrogen-bond acceptors (Lipinski definition) is 6. The lowest BCUT2D eigenvalue weighted by atomic mass is 9.86. The van der Waals surface area contributed by atoms with E-state index in [1.807, 2.05) is 42.5 Å². The van der Waals surface area contributed by atoms with Gasteiger partial charge in [0.15, 0.2) is 12.0 Å². The summed E-state index contributed by atoms with van der Waals surface area (Å²) in [4.78, 5) is 22.5. The second-order valence-electron chi connectivity index (χ2n) is 9.20. The van der Waals surface area contributed by atoms with Crippen molar-refractivity contribution in [2.24, 2.45) is 0 Å². The van der Waals surface area contributed by atoms with Crippen LogP contribution in [0.4, 0.5) is 0 Å². The molecule has 8 heteroatoms. The molecule has 186 valence electrons. The van der Waals surface area contributed by atoms with E-state index in [-0.39, 0.29) is 0 Å². The molecule has 0 aliphatic heterocycles. The van der Waals surface area contributed by atoms with Crippen LogP contribution in [0.1, 0.15) is 43.2 Å². The highest BCUT2D eigenvalue weighted by Crippen LogP contribution is 2.40. The van der Waals surface area contributed by atoms with Crippen molar-refractivity contribution in [3.05, 3.63) is 113 Å².